The molecular weight excluding hydrogens is 356 g/mol. The minimum atomic E-state index is -0.168. The van der Waals surface area contributed by atoms with E-state index in [1.807, 2.05) is 16.7 Å². The van der Waals surface area contributed by atoms with Crippen molar-refractivity contribution in [1.82, 2.24) is 19.5 Å². The van der Waals surface area contributed by atoms with Crippen LogP contribution in [-0.2, 0) is 6.54 Å². The maximum atomic E-state index is 10.0. The first kappa shape index (κ1) is 19.9. The topological polar surface area (TPSA) is 99.3 Å². The van der Waals surface area contributed by atoms with Crippen molar-refractivity contribution < 1.29 is 10.2 Å². The normalized spacial score (nSPS) is 11.5. The van der Waals surface area contributed by atoms with Crippen molar-refractivity contribution in [1.29, 1.82) is 0 Å². The molecule has 28 heavy (non-hydrogen) atoms. The summed E-state index contributed by atoms with van der Waals surface area (Å²) in [5.74, 6) is 1.60. The van der Waals surface area contributed by atoms with E-state index in [1.165, 1.54) is 0 Å². The standard InChI is InChI=1S/C20H28N6O2/c1-13(2)10-25(12-27)20-23-18(21-9-15-7-5-6-8-16(15)28)17-19(24-20)26(11-22-17)14(3)4/h5-8,11,13-14,27-28H,9-10,12H2,1-4H3,(H,21,23,24). The Labute approximate surface area is 164 Å². The summed E-state index contributed by atoms with van der Waals surface area (Å²) in [4.78, 5) is 15.5. The van der Waals surface area contributed by atoms with E-state index in [0.717, 1.165) is 5.56 Å². The average molecular weight is 384 g/mol. The van der Waals surface area contributed by atoms with Gasteiger partial charge >= 0.3 is 0 Å². The predicted molar refractivity (Wildman–Crippen MR) is 110 cm³/mol. The summed E-state index contributed by atoms with van der Waals surface area (Å²) in [6.45, 7) is 9.16. The van der Waals surface area contributed by atoms with Crippen LogP contribution < -0.4 is 10.2 Å². The Bertz CT molecular complexity index is 938. The van der Waals surface area contributed by atoms with Gasteiger partial charge in [-0.25, -0.2) is 4.98 Å². The lowest BCUT2D eigenvalue weighted by Gasteiger charge is -2.23. The van der Waals surface area contributed by atoms with Gasteiger partial charge in [-0.15, -0.1) is 0 Å². The van der Waals surface area contributed by atoms with E-state index in [-0.39, 0.29) is 18.5 Å². The number of imidazole rings is 1. The number of hydrogen-bond donors (Lipinski definition) is 3. The van der Waals surface area contributed by atoms with Gasteiger partial charge in [0.2, 0.25) is 5.95 Å². The molecule has 0 saturated carbocycles. The molecule has 8 nitrogen and oxygen atoms in total. The van der Waals surface area contributed by atoms with E-state index in [0.29, 0.717) is 41.9 Å². The maximum absolute atomic E-state index is 10.0. The minimum absolute atomic E-state index is 0.168. The van der Waals surface area contributed by atoms with Crippen LogP contribution in [0.2, 0.25) is 0 Å². The van der Waals surface area contributed by atoms with Gasteiger partial charge in [0.15, 0.2) is 17.0 Å². The van der Waals surface area contributed by atoms with E-state index in [9.17, 15) is 10.2 Å². The zero-order valence-corrected chi connectivity index (χ0v) is 16.8. The van der Waals surface area contributed by atoms with Crippen molar-refractivity contribution in [3.05, 3.63) is 36.2 Å². The number of aromatic nitrogens is 4. The zero-order chi connectivity index (χ0) is 20.3. The van der Waals surface area contributed by atoms with Crippen LogP contribution in [0.5, 0.6) is 5.75 Å². The Balaban J connectivity index is 2.02. The minimum Gasteiger partial charge on any atom is -0.508 e. The molecule has 0 radical (unpaired) electrons. The number of hydrogen-bond acceptors (Lipinski definition) is 7. The Kier molecular flexibility index (Phi) is 5.99. The molecule has 0 unspecified atom stereocenters. The van der Waals surface area contributed by atoms with Crippen molar-refractivity contribution in [2.24, 2.45) is 5.92 Å². The number of benzene rings is 1. The number of para-hydroxylation sites is 1. The van der Waals surface area contributed by atoms with Gasteiger partial charge in [0.1, 0.15) is 12.5 Å². The molecule has 1 aromatic carbocycles. The fourth-order valence-electron chi connectivity index (χ4n) is 3.03. The fraction of sp³-hybridized carbons (Fsp3) is 0.450. The van der Waals surface area contributed by atoms with E-state index in [4.69, 9.17) is 0 Å². The summed E-state index contributed by atoms with van der Waals surface area (Å²) in [6, 6.07) is 7.36. The van der Waals surface area contributed by atoms with E-state index in [2.05, 4.69) is 48.0 Å². The third-order valence-electron chi connectivity index (χ3n) is 4.44. The second kappa shape index (κ2) is 8.43. The molecule has 3 N–H and O–H groups in total. The molecule has 2 heterocycles. The van der Waals surface area contributed by atoms with Gasteiger partial charge in [-0.05, 0) is 25.8 Å². The van der Waals surface area contributed by atoms with Crippen molar-refractivity contribution in [3.63, 3.8) is 0 Å². The lowest BCUT2D eigenvalue weighted by molar-refractivity contribution is 0.283. The molecule has 2 aromatic heterocycles. The molecule has 8 heteroatoms. The lowest BCUT2D eigenvalue weighted by Crippen LogP contribution is -2.30. The first-order valence-electron chi connectivity index (χ1n) is 9.51. The molecule has 0 atom stereocenters. The van der Waals surface area contributed by atoms with E-state index in [1.54, 1.807) is 23.4 Å². The molecule has 0 spiro atoms. The van der Waals surface area contributed by atoms with Crippen molar-refractivity contribution in [3.8, 4) is 5.75 Å². The summed E-state index contributed by atoms with van der Waals surface area (Å²) >= 11 is 0. The molecule has 0 aliphatic heterocycles. The van der Waals surface area contributed by atoms with Crippen molar-refractivity contribution in [2.75, 3.05) is 23.5 Å². The number of aliphatic hydroxyl groups excluding tert-OH is 1. The number of nitrogens with one attached hydrogen (secondary N) is 1. The third kappa shape index (κ3) is 4.17. The first-order valence-corrected chi connectivity index (χ1v) is 9.51. The summed E-state index contributed by atoms with van der Waals surface area (Å²) in [6.07, 6.45) is 1.75. The summed E-state index contributed by atoms with van der Waals surface area (Å²) in [5.41, 5.74) is 2.14. The molecule has 0 fully saturated rings. The Morgan fingerprint density at radius 3 is 2.54 bits per heavy atom. The molecule has 3 rings (SSSR count). The number of rotatable bonds is 8. The molecule has 0 aliphatic rings. The van der Waals surface area contributed by atoms with E-state index >= 15 is 0 Å². The molecule has 0 aliphatic carbocycles. The van der Waals surface area contributed by atoms with Gasteiger partial charge in [-0.3, -0.25) is 0 Å². The number of fused-ring (bicyclic) bond motifs is 1. The SMILES string of the molecule is CC(C)CN(CO)c1nc(NCc2ccccc2O)c2ncn(C(C)C)c2n1. The van der Waals surface area contributed by atoms with Crippen LogP contribution in [0.4, 0.5) is 11.8 Å². The number of phenols is 1. The largest absolute Gasteiger partial charge is 0.508 e. The molecule has 3 aromatic rings. The van der Waals surface area contributed by atoms with Gasteiger partial charge < -0.3 is 25.0 Å². The Morgan fingerprint density at radius 1 is 1.14 bits per heavy atom. The van der Waals surface area contributed by atoms with Crippen LogP contribution in [0.1, 0.15) is 39.3 Å². The van der Waals surface area contributed by atoms with Crippen LogP contribution in [-0.4, -0.2) is 43.0 Å². The monoisotopic (exact) mass is 384 g/mol. The van der Waals surface area contributed by atoms with Crippen LogP contribution in [0.15, 0.2) is 30.6 Å². The highest BCUT2D eigenvalue weighted by Crippen LogP contribution is 2.26. The van der Waals surface area contributed by atoms with Crippen molar-refractivity contribution in [2.45, 2.75) is 40.3 Å². The van der Waals surface area contributed by atoms with Gasteiger partial charge in [-0.1, -0.05) is 32.0 Å². The molecule has 0 amide bonds. The predicted octanol–water partition coefficient (Wildman–Crippen LogP) is 3.14. The summed E-state index contributed by atoms with van der Waals surface area (Å²) < 4.78 is 1.98. The van der Waals surface area contributed by atoms with E-state index < -0.39 is 0 Å². The van der Waals surface area contributed by atoms with Crippen LogP contribution >= 0.6 is 0 Å². The second-order valence-electron chi connectivity index (χ2n) is 7.53. The fourth-order valence-corrected chi connectivity index (χ4v) is 3.03. The van der Waals surface area contributed by atoms with Gasteiger partial charge in [-0.2, -0.15) is 9.97 Å². The van der Waals surface area contributed by atoms with Gasteiger partial charge in [0, 0.05) is 24.7 Å². The molecular formula is C20H28N6O2. The Hall–Kier alpha value is -2.87. The second-order valence-corrected chi connectivity index (χ2v) is 7.53. The number of anilines is 2. The number of phenolic OH excluding ortho intramolecular Hbond substituents is 1. The maximum Gasteiger partial charge on any atom is 0.231 e. The number of aromatic hydroxyl groups is 1. The quantitative estimate of drug-likeness (QED) is 0.513. The number of nitrogens with zero attached hydrogens (tertiary/aromatic N) is 5. The summed E-state index contributed by atoms with van der Waals surface area (Å²) in [7, 11) is 0. The average Bonchev–Trinajstić information content (AvgIpc) is 3.09. The molecule has 0 bridgehead atoms. The van der Waals surface area contributed by atoms with Crippen LogP contribution in [0.25, 0.3) is 11.2 Å². The highest BCUT2D eigenvalue weighted by atomic mass is 16.3. The zero-order valence-electron chi connectivity index (χ0n) is 16.8. The number of aliphatic hydroxyl groups is 1. The van der Waals surface area contributed by atoms with Gasteiger partial charge in [0.25, 0.3) is 0 Å². The lowest BCUT2D eigenvalue weighted by atomic mass is 10.2. The molecule has 0 saturated heterocycles. The molecule has 150 valence electrons. The van der Waals surface area contributed by atoms with Gasteiger partial charge in [0.05, 0.1) is 6.33 Å². The van der Waals surface area contributed by atoms with Crippen LogP contribution in [0.3, 0.4) is 0 Å². The highest BCUT2D eigenvalue weighted by Gasteiger charge is 2.19. The smallest absolute Gasteiger partial charge is 0.231 e. The van der Waals surface area contributed by atoms with Crippen molar-refractivity contribution >= 4 is 22.9 Å². The Morgan fingerprint density at radius 2 is 1.89 bits per heavy atom. The van der Waals surface area contributed by atoms with Crippen LogP contribution in [0, 0.1) is 5.92 Å². The third-order valence-corrected chi connectivity index (χ3v) is 4.44. The summed E-state index contributed by atoms with van der Waals surface area (Å²) in [5, 5.41) is 23.1. The highest BCUT2D eigenvalue weighted by molar-refractivity contribution is 5.84. The first-order chi connectivity index (χ1) is 13.4.